The Labute approximate surface area is 79.7 Å². The molecule has 4 nitrogen and oxygen atoms in total. The molecular weight excluding hydrogens is 192 g/mol. The van der Waals surface area contributed by atoms with Crippen LogP contribution in [0.15, 0.2) is 5.38 Å². The first-order valence-corrected chi connectivity index (χ1v) is 4.47. The second kappa shape index (κ2) is 4.13. The second-order valence-electron chi connectivity index (χ2n) is 2.33. The quantitative estimate of drug-likeness (QED) is 0.801. The Balaban J connectivity index is 2.93. The zero-order valence-corrected chi connectivity index (χ0v) is 8.18. The molecule has 1 aromatic heterocycles. The van der Waals surface area contributed by atoms with Gasteiger partial charge in [-0.25, -0.2) is 0 Å². The van der Waals surface area contributed by atoms with Crippen LogP contribution in [0.2, 0.25) is 0 Å². The van der Waals surface area contributed by atoms with Gasteiger partial charge in [0.05, 0.1) is 25.5 Å². The number of hydrogen-bond acceptors (Lipinski definition) is 4. The smallest absolute Gasteiger partial charge is 0.308 e. The summed E-state index contributed by atoms with van der Waals surface area (Å²) in [5, 5.41) is 10.3. The highest BCUT2D eigenvalue weighted by Gasteiger charge is 2.14. The number of ether oxygens (including phenoxy) is 2. The van der Waals surface area contributed by atoms with Crippen LogP contribution in [0.25, 0.3) is 0 Å². The maximum Gasteiger partial charge on any atom is 0.308 e. The van der Waals surface area contributed by atoms with Crippen LogP contribution < -0.4 is 9.47 Å². The first-order valence-electron chi connectivity index (χ1n) is 3.59. The number of aliphatic carboxylic acids is 1. The lowest BCUT2D eigenvalue weighted by Crippen LogP contribution is -1.99. The molecule has 0 aliphatic rings. The zero-order chi connectivity index (χ0) is 9.84. The summed E-state index contributed by atoms with van der Waals surface area (Å²) < 4.78 is 10.0. The minimum absolute atomic E-state index is 0.0306. The van der Waals surface area contributed by atoms with Gasteiger partial charge in [0.2, 0.25) is 0 Å². The van der Waals surface area contributed by atoms with E-state index >= 15 is 0 Å². The first kappa shape index (κ1) is 9.85. The van der Waals surface area contributed by atoms with Gasteiger partial charge in [0.25, 0.3) is 0 Å². The normalized spacial score (nSPS) is 9.69. The number of methoxy groups -OCH3 is 2. The molecule has 1 heterocycles. The van der Waals surface area contributed by atoms with Crippen LogP contribution in [0.1, 0.15) is 4.88 Å². The number of carbonyl (C=O) groups is 1. The van der Waals surface area contributed by atoms with Gasteiger partial charge in [0, 0.05) is 5.38 Å². The van der Waals surface area contributed by atoms with E-state index in [4.69, 9.17) is 14.6 Å². The summed E-state index contributed by atoms with van der Waals surface area (Å²) in [6.45, 7) is 0. The molecule has 0 atom stereocenters. The van der Waals surface area contributed by atoms with Crippen molar-refractivity contribution in [2.75, 3.05) is 14.2 Å². The highest BCUT2D eigenvalue weighted by molar-refractivity contribution is 7.10. The van der Waals surface area contributed by atoms with Crippen LogP contribution in [0.4, 0.5) is 0 Å². The van der Waals surface area contributed by atoms with E-state index in [1.54, 1.807) is 5.38 Å². The van der Waals surface area contributed by atoms with Crippen LogP contribution in [0.5, 0.6) is 11.5 Å². The molecule has 0 spiro atoms. The molecule has 5 heteroatoms. The lowest BCUT2D eigenvalue weighted by molar-refractivity contribution is -0.136. The van der Waals surface area contributed by atoms with Gasteiger partial charge in [0.15, 0.2) is 11.5 Å². The fourth-order valence-electron chi connectivity index (χ4n) is 0.984. The van der Waals surface area contributed by atoms with Gasteiger partial charge < -0.3 is 14.6 Å². The number of carboxylic acids is 1. The summed E-state index contributed by atoms with van der Waals surface area (Å²) in [5.74, 6) is 0.237. The maximum absolute atomic E-state index is 10.4. The Morgan fingerprint density at radius 1 is 1.54 bits per heavy atom. The third-order valence-electron chi connectivity index (χ3n) is 1.52. The number of hydrogen-bond donors (Lipinski definition) is 1. The molecule has 1 N–H and O–H groups in total. The summed E-state index contributed by atoms with van der Waals surface area (Å²) >= 11 is 1.32. The molecule has 1 rings (SSSR count). The van der Waals surface area contributed by atoms with Crippen molar-refractivity contribution >= 4 is 17.3 Å². The summed E-state index contributed by atoms with van der Waals surface area (Å²) in [5.41, 5.74) is 0. The van der Waals surface area contributed by atoms with Crippen molar-refractivity contribution < 1.29 is 19.4 Å². The highest BCUT2D eigenvalue weighted by Crippen LogP contribution is 2.37. The van der Waals surface area contributed by atoms with Crippen LogP contribution >= 0.6 is 11.3 Å². The Hall–Kier alpha value is -1.23. The first-order chi connectivity index (χ1) is 6.19. The average Bonchev–Trinajstić information content (AvgIpc) is 2.45. The minimum atomic E-state index is -0.872. The second-order valence-corrected chi connectivity index (χ2v) is 3.30. The summed E-state index contributed by atoms with van der Waals surface area (Å²) in [7, 11) is 3.02. The van der Waals surface area contributed by atoms with Crippen molar-refractivity contribution in [2.45, 2.75) is 6.42 Å². The summed E-state index contributed by atoms with van der Waals surface area (Å²) in [6.07, 6.45) is -0.0306. The largest absolute Gasteiger partial charge is 0.492 e. The van der Waals surface area contributed by atoms with Gasteiger partial charge in [-0.15, -0.1) is 11.3 Å². The molecule has 0 aromatic carbocycles. The van der Waals surface area contributed by atoms with E-state index in [0.29, 0.717) is 16.4 Å². The predicted octanol–water partition coefficient (Wildman–Crippen LogP) is 1.39. The number of thiophene rings is 1. The van der Waals surface area contributed by atoms with E-state index in [9.17, 15) is 4.79 Å². The molecule has 0 aliphatic carbocycles. The molecule has 72 valence electrons. The molecule has 0 unspecified atom stereocenters. The van der Waals surface area contributed by atoms with Gasteiger partial charge in [-0.3, -0.25) is 4.79 Å². The Bertz CT molecular complexity index is 305. The van der Waals surface area contributed by atoms with E-state index < -0.39 is 5.97 Å². The van der Waals surface area contributed by atoms with E-state index in [1.165, 1.54) is 25.6 Å². The Morgan fingerprint density at radius 3 is 2.69 bits per heavy atom. The van der Waals surface area contributed by atoms with Crippen molar-refractivity contribution in [1.29, 1.82) is 0 Å². The average molecular weight is 202 g/mol. The molecule has 0 aliphatic heterocycles. The third-order valence-corrected chi connectivity index (χ3v) is 2.47. The molecule has 0 saturated carbocycles. The number of carboxylic acid groups (broad SMARTS) is 1. The standard InChI is InChI=1S/C8H10O4S/c1-11-5-4-13-6(3-7(9)10)8(5)12-2/h4H,3H2,1-2H3,(H,9,10). The lowest BCUT2D eigenvalue weighted by Gasteiger charge is -2.02. The van der Waals surface area contributed by atoms with E-state index in [0.717, 1.165) is 0 Å². The molecule has 0 radical (unpaired) electrons. The van der Waals surface area contributed by atoms with Crippen molar-refractivity contribution in [1.82, 2.24) is 0 Å². The van der Waals surface area contributed by atoms with Gasteiger partial charge in [-0.05, 0) is 0 Å². The van der Waals surface area contributed by atoms with Gasteiger partial charge >= 0.3 is 5.97 Å². The van der Waals surface area contributed by atoms with Gasteiger partial charge in [-0.1, -0.05) is 0 Å². The van der Waals surface area contributed by atoms with E-state index in [1.807, 2.05) is 0 Å². The predicted molar refractivity (Wildman–Crippen MR) is 48.8 cm³/mol. The fraction of sp³-hybridized carbons (Fsp3) is 0.375. The molecule has 13 heavy (non-hydrogen) atoms. The van der Waals surface area contributed by atoms with Gasteiger partial charge in [-0.2, -0.15) is 0 Å². The molecule has 0 saturated heterocycles. The van der Waals surface area contributed by atoms with Crippen LogP contribution in [0, 0.1) is 0 Å². The van der Waals surface area contributed by atoms with Crippen molar-refractivity contribution in [3.63, 3.8) is 0 Å². The number of rotatable bonds is 4. The van der Waals surface area contributed by atoms with E-state index in [2.05, 4.69) is 0 Å². The molecular formula is C8H10O4S. The molecule has 0 fully saturated rings. The summed E-state index contributed by atoms with van der Waals surface area (Å²) in [6, 6.07) is 0. The fourth-order valence-corrected chi connectivity index (χ4v) is 1.93. The van der Waals surface area contributed by atoms with Crippen LogP contribution in [-0.2, 0) is 11.2 Å². The SMILES string of the molecule is COc1csc(CC(=O)O)c1OC. The highest BCUT2D eigenvalue weighted by atomic mass is 32.1. The molecule has 1 aromatic rings. The lowest BCUT2D eigenvalue weighted by atomic mass is 10.3. The third kappa shape index (κ3) is 2.12. The minimum Gasteiger partial charge on any atom is -0.492 e. The van der Waals surface area contributed by atoms with Crippen molar-refractivity contribution in [2.24, 2.45) is 0 Å². The molecule has 0 amide bonds. The molecule has 0 bridgehead atoms. The Kier molecular flexibility index (Phi) is 3.13. The van der Waals surface area contributed by atoms with Crippen molar-refractivity contribution in [3.05, 3.63) is 10.3 Å². The van der Waals surface area contributed by atoms with E-state index in [-0.39, 0.29) is 6.42 Å². The van der Waals surface area contributed by atoms with Gasteiger partial charge in [0.1, 0.15) is 0 Å². The monoisotopic (exact) mass is 202 g/mol. The maximum atomic E-state index is 10.4. The topological polar surface area (TPSA) is 55.8 Å². The summed E-state index contributed by atoms with van der Waals surface area (Å²) in [4.78, 5) is 11.1. The zero-order valence-electron chi connectivity index (χ0n) is 7.36. The van der Waals surface area contributed by atoms with Crippen LogP contribution in [-0.4, -0.2) is 25.3 Å². The van der Waals surface area contributed by atoms with Crippen LogP contribution in [0.3, 0.4) is 0 Å². The van der Waals surface area contributed by atoms with Crippen molar-refractivity contribution in [3.8, 4) is 11.5 Å². The Morgan fingerprint density at radius 2 is 2.23 bits per heavy atom.